The lowest BCUT2D eigenvalue weighted by Gasteiger charge is -2.10. The lowest BCUT2D eigenvalue weighted by atomic mass is 10.1. The maximum Gasteiger partial charge on any atom is 0.237 e. The van der Waals surface area contributed by atoms with Crippen molar-refractivity contribution in [3.63, 3.8) is 0 Å². The van der Waals surface area contributed by atoms with Gasteiger partial charge in [0.2, 0.25) is 5.91 Å². The van der Waals surface area contributed by atoms with Crippen molar-refractivity contribution in [2.24, 2.45) is 0 Å². The predicted molar refractivity (Wildman–Crippen MR) is 65.7 cm³/mol. The molecule has 0 bridgehead atoms. The molecule has 1 aliphatic rings. The summed E-state index contributed by atoms with van der Waals surface area (Å²) >= 11 is 0. The van der Waals surface area contributed by atoms with E-state index in [0.29, 0.717) is 0 Å². The molecule has 1 aromatic rings. The summed E-state index contributed by atoms with van der Waals surface area (Å²) in [7, 11) is 0. The number of H-pyrrole nitrogens is 1. The molecule has 2 heterocycles. The molecule has 2 rings (SSSR count). The van der Waals surface area contributed by atoms with E-state index in [9.17, 15) is 4.79 Å². The quantitative estimate of drug-likeness (QED) is 0.653. The van der Waals surface area contributed by atoms with Crippen LogP contribution in [0.4, 0.5) is 0 Å². The molecule has 94 valence electrons. The van der Waals surface area contributed by atoms with E-state index in [1.165, 1.54) is 5.56 Å². The Labute approximate surface area is 101 Å². The number of nitrogens with one attached hydrogen (secondary N) is 3. The molecule has 1 aromatic heterocycles. The number of rotatable bonds is 5. The summed E-state index contributed by atoms with van der Waals surface area (Å²) in [6.07, 6.45) is 5.84. The van der Waals surface area contributed by atoms with Crippen molar-refractivity contribution in [1.29, 1.82) is 0 Å². The molecule has 3 N–H and O–H groups in total. The number of hydrogen-bond donors (Lipinski definition) is 3. The number of carbonyl (C=O) groups is 1. The zero-order valence-corrected chi connectivity index (χ0v) is 10.3. The summed E-state index contributed by atoms with van der Waals surface area (Å²) in [4.78, 5) is 11.7. The fourth-order valence-corrected chi connectivity index (χ4v) is 2.15. The molecular weight excluding hydrogens is 216 g/mol. The van der Waals surface area contributed by atoms with E-state index in [-0.39, 0.29) is 11.9 Å². The second kappa shape index (κ2) is 5.82. The molecule has 0 saturated carbocycles. The summed E-state index contributed by atoms with van der Waals surface area (Å²) in [5, 5.41) is 13.1. The molecule has 5 nitrogen and oxygen atoms in total. The summed E-state index contributed by atoms with van der Waals surface area (Å²) in [6, 6.07) is 0.0330. The van der Waals surface area contributed by atoms with E-state index >= 15 is 0 Å². The van der Waals surface area contributed by atoms with Gasteiger partial charge in [0.1, 0.15) is 0 Å². The van der Waals surface area contributed by atoms with Crippen LogP contribution in [0.25, 0.3) is 0 Å². The minimum Gasteiger partial charge on any atom is -0.355 e. The Morgan fingerprint density at radius 2 is 2.53 bits per heavy atom. The Morgan fingerprint density at radius 3 is 3.18 bits per heavy atom. The summed E-state index contributed by atoms with van der Waals surface area (Å²) in [5.74, 6) is 0.145. The number of amides is 1. The normalized spacial score (nSPS) is 19.5. The minimum atomic E-state index is 0.0330. The van der Waals surface area contributed by atoms with Crippen molar-refractivity contribution in [2.75, 3.05) is 13.1 Å². The Balaban J connectivity index is 1.63. The lowest BCUT2D eigenvalue weighted by molar-refractivity contribution is -0.122. The van der Waals surface area contributed by atoms with Crippen molar-refractivity contribution in [3.8, 4) is 0 Å². The van der Waals surface area contributed by atoms with E-state index in [0.717, 1.165) is 44.5 Å². The fraction of sp³-hybridized carbons (Fsp3) is 0.667. The first-order valence-corrected chi connectivity index (χ1v) is 6.27. The number of aromatic nitrogens is 2. The van der Waals surface area contributed by atoms with Crippen LogP contribution in [-0.2, 0) is 11.2 Å². The summed E-state index contributed by atoms with van der Waals surface area (Å²) < 4.78 is 0. The molecule has 1 unspecified atom stereocenters. The Kier molecular flexibility index (Phi) is 4.14. The van der Waals surface area contributed by atoms with Gasteiger partial charge in [0, 0.05) is 12.2 Å². The molecule has 1 atom stereocenters. The summed E-state index contributed by atoms with van der Waals surface area (Å²) in [6.45, 7) is 3.72. The predicted octanol–water partition coefficient (Wildman–Crippen LogP) is 0.519. The lowest BCUT2D eigenvalue weighted by Crippen LogP contribution is -2.40. The van der Waals surface area contributed by atoms with Gasteiger partial charge in [-0.05, 0) is 44.7 Å². The van der Waals surface area contributed by atoms with Gasteiger partial charge >= 0.3 is 0 Å². The zero-order valence-electron chi connectivity index (χ0n) is 10.3. The number of carbonyl (C=O) groups excluding carboxylic acids is 1. The van der Waals surface area contributed by atoms with Gasteiger partial charge in [0.05, 0.1) is 12.2 Å². The standard InChI is InChI=1S/C12H20N4O/c1-9-10(8-15-16-9)4-2-7-14-12(17)11-5-3-6-13-11/h8,11,13H,2-7H2,1H3,(H,14,17)(H,15,16). The van der Waals surface area contributed by atoms with Crippen LogP contribution in [-0.4, -0.2) is 35.2 Å². The third kappa shape index (κ3) is 3.30. The van der Waals surface area contributed by atoms with Gasteiger partial charge in [-0.25, -0.2) is 0 Å². The van der Waals surface area contributed by atoms with Crippen LogP contribution < -0.4 is 10.6 Å². The first-order chi connectivity index (χ1) is 8.27. The average molecular weight is 236 g/mol. The molecule has 1 amide bonds. The third-order valence-electron chi connectivity index (χ3n) is 3.23. The highest BCUT2D eigenvalue weighted by Gasteiger charge is 2.21. The van der Waals surface area contributed by atoms with Crippen molar-refractivity contribution in [1.82, 2.24) is 20.8 Å². The van der Waals surface area contributed by atoms with Crippen LogP contribution >= 0.6 is 0 Å². The third-order valence-corrected chi connectivity index (χ3v) is 3.23. The van der Waals surface area contributed by atoms with Gasteiger partial charge in [-0.3, -0.25) is 9.89 Å². The highest BCUT2D eigenvalue weighted by atomic mass is 16.2. The van der Waals surface area contributed by atoms with Crippen molar-refractivity contribution < 1.29 is 4.79 Å². The topological polar surface area (TPSA) is 69.8 Å². The maximum absolute atomic E-state index is 11.7. The SMILES string of the molecule is Cc1[nH]ncc1CCCNC(=O)C1CCCN1. The van der Waals surface area contributed by atoms with E-state index < -0.39 is 0 Å². The largest absolute Gasteiger partial charge is 0.355 e. The van der Waals surface area contributed by atoms with E-state index in [1.807, 2.05) is 13.1 Å². The van der Waals surface area contributed by atoms with Gasteiger partial charge in [-0.1, -0.05) is 0 Å². The molecule has 5 heteroatoms. The van der Waals surface area contributed by atoms with Crippen molar-refractivity contribution in [2.45, 2.75) is 38.6 Å². The number of aromatic amines is 1. The molecule has 0 aliphatic carbocycles. The second-order valence-corrected chi connectivity index (χ2v) is 4.56. The van der Waals surface area contributed by atoms with Crippen LogP contribution in [0.1, 0.15) is 30.5 Å². The monoisotopic (exact) mass is 236 g/mol. The molecule has 1 saturated heterocycles. The van der Waals surface area contributed by atoms with E-state index in [2.05, 4.69) is 20.8 Å². The Bertz CT molecular complexity index is 368. The van der Waals surface area contributed by atoms with E-state index in [1.54, 1.807) is 0 Å². The second-order valence-electron chi connectivity index (χ2n) is 4.56. The minimum absolute atomic E-state index is 0.0330. The molecule has 0 radical (unpaired) electrons. The fourth-order valence-electron chi connectivity index (χ4n) is 2.15. The first kappa shape index (κ1) is 12.1. The van der Waals surface area contributed by atoms with Gasteiger partial charge in [-0.15, -0.1) is 0 Å². The zero-order chi connectivity index (χ0) is 12.1. The smallest absolute Gasteiger partial charge is 0.237 e. The Morgan fingerprint density at radius 1 is 1.65 bits per heavy atom. The van der Waals surface area contributed by atoms with Crippen molar-refractivity contribution >= 4 is 5.91 Å². The highest BCUT2D eigenvalue weighted by molar-refractivity contribution is 5.81. The van der Waals surface area contributed by atoms with Gasteiger partial charge in [0.25, 0.3) is 0 Å². The number of hydrogen-bond acceptors (Lipinski definition) is 3. The van der Waals surface area contributed by atoms with Gasteiger partial charge < -0.3 is 10.6 Å². The van der Waals surface area contributed by atoms with Crippen LogP contribution in [0.15, 0.2) is 6.20 Å². The van der Waals surface area contributed by atoms with E-state index in [4.69, 9.17) is 0 Å². The van der Waals surface area contributed by atoms with Crippen molar-refractivity contribution in [3.05, 3.63) is 17.5 Å². The molecule has 0 aromatic carbocycles. The summed E-state index contributed by atoms with van der Waals surface area (Å²) in [5.41, 5.74) is 2.35. The number of nitrogens with zero attached hydrogens (tertiary/aromatic N) is 1. The molecule has 1 fully saturated rings. The van der Waals surface area contributed by atoms with Crippen LogP contribution in [0.3, 0.4) is 0 Å². The molecule has 1 aliphatic heterocycles. The maximum atomic E-state index is 11.7. The first-order valence-electron chi connectivity index (χ1n) is 6.27. The number of aryl methyl sites for hydroxylation is 2. The molecule has 0 spiro atoms. The van der Waals surface area contributed by atoms with Crippen LogP contribution in [0.5, 0.6) is 0 Å². The van der Waals surface area contributed by atoms with Gasteiger partial charge in [0.15, 0.2) is 0 Å². The molecule has 17 heavy (non-hydrogen) atoms. The molecular formula is C12H20N4O. The Hall–Kier alpha value is -1.36. The highest BCUT2D eigenvalue weighted by Crippen LogP contribution is 2.06. The average Bonchev–Trinajstić information content (AvgIpc) is 2.96. The van der Waals surface area contributed by atoms with Crippen LogP contribution in [0, 0.1) is 6.92 Å². The van der Waals surface area contributed by atoms with Crippen LogP contribution in [0.2, 0.25) is 0 Å². The van der Waals surface area contributed by atoms with Gasteiger partial charge in [-0.2, -0.15) is 5.10 Å².